The Bertz CT molecular complexity index is 472. The van der Waals surface area contributed by atoms with Crippen LogP contribution in [0.25, 0.3) is 10.8 Å². The fourth-order valence-corrected chi connectivity index (χ4v) is 2.04. The first kappa shape index (κ1) is 9.22. The van der Waals surface area contributed by atoms with Gasteiger partial charge in [-0.05, 0) is 41.3 Å². The second-order valence-corrected chi connectivity index (χ2v) is 3.73. The van der Waals surface area contributed by atoms with E-state index in [2.05, 4.69) is 44.2 Å². The lowest BCUT2D eigenvalue weighted by Gasteiger charge is -2.09. The summed E-state index contributed by atoms with van der Waals surface area (Å²) in [7, 11) is 0. The highest BCUT2D eigenvalue weighted by atomic mass is 14.5. The van der Waals surface area contributed by atoms with Gasteiger partial charge >= 0.3 is 0 Å². The van der Waals surface area contributed by atoms with Crippen molar-refractivity contribution < 1.29 is 0 Å². The molecule has 0 aliphatic carbocycles. The van der Waals surface area contributed by atoms with Crippen LogP contribution in [-0.2, 0) is 6.54 Å². The predicted octanol–water partition coefficient (Wildman–Crippen LogP) is 2.92. The summed E-state index contributed by atoms with van der Waals surface area (Å²) in [5, 5.41) is 2.66. The summed E-state index contributed by atoms with van der Waals surface area (Å²) in [4.78, 5) is 0. The predicted molar refractivity (Wildman–Crippen MR) is 61.3 cm³/mol. The van der Waals surface area contributed by atoms with E-state index in [1.165, 1.54) is 27.5 Å². The molecule has 0 aliphatic rings. The molecule has 0 saturated heterocycles. The van der Waals surface area contributed by atoms with Crippen molar-refractivity contribution in [3.05, 3.63) is 47.0 Å². The van der Waals surface area contributed by atoms with Crippen LogP contribution in [-0.4, -0.2) is 0 Å². The lowest BCUT2D eigenvalue weighted by molar-refractivity contribution is 1.06. The fourth-order valence-electron chi connectivity index (χ4n) is 2.04. The molecule has 2 rings (SSSR count). The van der Waals surface area contributed by atoms with Gasteiger partial charge < -0.3 is 5.73 Å². The van der Waals surface area contributed by atoms with Crippen LogP contribution in [0.4, 0.5) is 0 Å². The van der Waals surface area contributed by atoms with Gasteiger partial charge in [0.05, 0.1) is 0 Å². The third kappa shape index (κ3) is 1.30. The third-order valence-electron chi connectivity index (χ3n) is 2.85. The van der Waals surface area contributed by atoms with Crippen LogP contribution in [0.3, 0.4) is 0 Å². The molecule has 0 amide bonds. The Balaban J connectivity index is 2.86. The molecule has 0 fully saturated rings. The molecular formula is C13H15N. The maximum Gasteiger partial charge on any atom is 0.0180 e. The summed E-state index contributed by atoms with van der Waals surface area (Å²) in [6.07, 6.45) is 0. The number of rotatable bonds is 1. The van der Waals surface area contributed by atoms with Crippen molar-refractivity contribution >= 4 is 10.8 Å². The average Bonchev–Trinajstić information content (AvgIpc) is 2.18. The normalized spacial score (nSPS) is 10.8. The van der Waals surface area contributed by atoms with Gasteiger partial charge in [-0.15, -0.1) is 0 Å². The van der Waals surface area contributed by atoms with E-state index in [1.54, 1.807) is 0 Å². The van der Waals surface area contributed by atoms with Gasteiger partial charge in [0, 0.05) is 6.54 Å². The summed E-state index contributed by atoms with van der Waals surface area (Å²) in [5.74, 6) is 0. The molecule has 72 valence electrons. The maximum atomic E-state index is 5.69. The zero-order chi connectivity index (χ0) is 10.1. The Morgan fingerprint density at radius 2 is 1.86 bits per heavy atom. The van der Waals surface area contributed by atoms with Gasteiger partial charge in [-0.1, -0.05) is 30.3 Å². The van der Waals surface area contributed by atoms with E-state index < -0.39 is 0 Å². The van der Waals surface area contributed by atoms with Crippen molar-refractivity contribution in [2.24, 2.45) is 5.73 Å². The molecule has 0 atom stereocenters. The second kappa shape index (κ2) is 3.43. The van der Waals surface area contributed by atoms with Gasteiger partial charge in [0.1, 0.15) is 0 Å². The number of aryl methyl sites for hydroxylation is 2. The van der Waals surface area contributed by atoms with Crippen LogP contribution in [0.15, 0.2) is 30.3 Å². The quantitative estimate of drug-likeness (QED) is 0.726. The van der Waals surface area contributed by atoms with E-state index in [0.29, 0.717) is 6.54 Å². The van der Waals surface area contributed by atoms with Crippen molar-refractivity contribution in [2.75, 3.05) is 0 Å². The van der Waals surface area contributed by atoms with Crippen LogP contribution >= 0.6 is 0 Å². The Hall–Kier alpha value is -1.34. The molecule has 2 aromatic rings. The van der Waals surface area contributed by atoms with E-state index in [0.717, 1.165) is 0 Å². The van der Waals surface area contributed by atoms with Gasteiger partial charge in [-0.3, -0.25) is 0 Å². The number of nitrogens with two attached hydrogens (primary N) is 1. The standard InChI is InChI=1S/C13H15N/c1-9-4-3-5-11-6-7-12(8-14)10(2)13(9)11/h3-7H,8,14H2,1-2H3. The minimum Gasteiger partial charge on any atom is -0.326 e. The SMILES string of the molecule is Cc1cccc2ccc(CN)c(C)c12. The van der Waals surface area contributed by atoms with Crippen LogP contribution in [0, 0.1) is 13.8 Å². The van der Waals surface area contributed by atoms with Crippen LogP contribution in [0.5, 0.6) is 0 Å². The first-order chi connectivity index (χ1) is 6.74. The molecule has 1 heteroatoms. The van der Waals surface area contributed by atoms with E-state index in [4.69, 9.17) is 5.73 Å². The van der Waals surface area contributed by atoms with Gasteiger partial charge in [0.25, 0.3) is 0 Å². The smallest absolute Gasteiger partial charge is 0.0180 e. The molecule has 0 aliphatic heterocycles. The first-order valence-corrected chi connectivity index (χ1v) is 4.92. The van der Waals surface area contributed by atoms with E-state index in [1.807, 2.05) is 0 Å². The highest BCUT2D eigenvalue weighted by Crippen LogP contribution is 2.24. The van der Waals surface area contributed by atoms with E-state index >= 15 is 0 Å². The molecule has 2 N–H and O–H groups in total. The summed E-state index contributed by atoms with van der Waals surface area (Å²) >= 11 is 0. The summed E-state index contributed by atoms with van der Waals surface area (Å²) in [5.41, 5.74) is 9.59. The summed E-state index contributed by atoms with van der Waals surface area (Å²) in [6, 6.07) is 10.7. The monoisotopic (exact) mass is 185 g/mol. The first-order valence-electron chi connectivity index (χ1n) is 4.92. The van der Waals surface area contributed by atoms with Crippen LogP contribution < -0.4 is 5.73 Å². The molecule has 14 heavy (non-hydrogen) atoms. The van der Waals surface area contributed by atoms with Gasteiger partial charge in [0.2, 0.25) is 0 Å². The second-order valence-electron chi connectivity index (χ2n) is 3.73. The van der Waals surface area contributed by atoms with Crippen LogP contribution in [0.1, 0.15) is 16.7 Å². The molecular weight excluding hydrogens is 170 g/mol. The lowest BCUT2D eigenvalue weighted by atomic mass is 9.97. The molecule has 0 saturated carbocycles. The van der Waals surface area contributed by atoms with Gasteiger partial charge in [-0.2, -0.15) is 0 Å². The minimum atomic E-state index is 0.621. The Morgan fingerprint density at radius 1 is 1.07 bits per heavy atom. The molecule has 0 unspecified atom stereocenters. The number of fused-ring (bicyclic) bond motifs is 1. The molecule has 0 radical (unpaired) electrons. The van der Waals surface area contributed by atoms with Crippen molar-refractivity contribution in [3.63, 3.8) is 0 Å². The summed E-state index contributed by atoms with van der Waals surface area (Å²) < 4.78 is 0. The van der Waals surface area contributed by atoms with Crippen molar-refractivity contribution in [1.82, 2.24) is 0 Å². The molecule has 0 heterocycles. The molecule has 2 aromatic carbocycles. The highest BCUT2D eigenvalue weighted by molar-refractivity contribution is 5.89. The Kier molecular flexibility index (Phi) is 2.26. The largest absolute Gasteiger partial charge is 0.326 e. The minimum absolute atomic E-state index is 0.621. The summed E-state index contributed by atoms with van der Waals surface area (Å²) in [6.45, 7) is 4.92. The van der Waals surface area contributed by atoms with Gasteiger partial charge in [-0.25, -0.2) is 0 Å². The number of hydrogen-bond acceptors (Lipinski definition) is 1. The fraction of sp³-hybridized carbons (Fsp3) is 0.231. The molecule has 0 aromatic heterocycles. The maximum absolute atomic E-state index is 5.69. The van der Waals surface area contributed by atoms with Crippen molar-refractivity contribution in [1.29, 1.82) is 0 Å². The number of benzene rings is 2. The topological polar surface area (TPSA) is 26.0 Å². The van der Waals surface area contributed by atoms with Crippen molar-refractivity contribution in [2.45, 2.75) is 20.4 Å². The van der Waals surface area contributed by atoms with Crippen molar-refractivity contribution in [3.8, 4) is 0 Å². The molecule has 0 spiro atoms. The van der Waals surface area contributed by atoms with E-state index in [9.17, 15) is 0 Å². The highest BCUT2D eigenvalue weighted by Gasteiger charge is 2.03. The average molecular weight is 185 g/mol. The lowest BCUT2D eigenvalue weighted by Crippen LogP contribution is -1.99. The number of hydrogen-bond donors (Lipinski definition) is 1. The van der Waals surface area contributed by atoms with E-state index in [-0.39, 0.29) is 0 Å². The zero-order valence-electron chi connectivity index (χ0n) is 8.67. The Morgan fingerprint density at radius 3 is 2.57 bits per heavy atom. The molecule has 0 bridgehead atoms. The zero-order valence-corrected chi connectivity index (χ0v) is 8.67. The third-order valence-corrected chi connectivity index (χ3v) is 2.85. The molecule has 1 nitrogen and oxygen atoms in total. The Labute approximate surface area is 84.5 Å². The van der Waals surface area contributed by atoms with Gasteiger partial charge in [0.15, 0.2) is 0 Å². The van der Waals surface area contributed by atoms with Crippen LogP contribution in [0.2, 0.25) is 0 Å².